The Morgan fingerprint density at radius 1 is 0.583 bits per heavy atom. The van der Waals surface area contributed by atoms with Gasteiger partial charge in [0.25, 0.3) is 0 Å². The quantitative estimate of drug-likeness (QED) is 0.126. The summed E-state index contributed by atoms with van der Waals surface area (Å²) >= 11 is 8.71. The van der Waals surface area contributed by atoms with Crippen LogP contribution in [-0.4, -0.2) is 13.2 Å². The van der Waals surface area contributed by atoms with Gasteiger partial charge in [0.2, 0.25) is 0 Å². The average molecular weight is 519 g/mol. The molecular formula is C32H38O2S2. The Morgan fingerprint density at radius 2 is 0.972 bits per heavy atom. The van der Waals surface area contributed by atoms with Gasteiger partial charge in [-0.05, 0) is 47.2 Å². The van der Waals surface area contributed by atoms with Crippen molar-refractivity contribution in [1.29, 1.82) is 0 Å². The van der Waals surface area contributed by atoms with Crippen molar-refractivity contribution >= 4 is 49.6 Å². The molecule has 0 fully saturated rings. The monoisotopic (exact) mass is 518 g/mol. The standard InChI is InChI=1S/C32H38O2S2/c1-3-5-19-33-31-21-30(18-16-26-9-13-28(24-36)14-10-26)32(34-20-6-4-2)22-29(31)17-15-25-7-11-27(23-35)12-8-25/h7-18,21-22,35-36H,3-6,19-20,23-24H2,1-2H3/b17-15+,18-16+. The third kappa shape index (κ3) is 8.83. The van der Waals surface area contributed by atoms with Crippen molar-refractivity contribution in [2.45, 2.75) is 51.0 Å². The second kappa shape index (κ2) is 15.5. The van der Waals surface area contributed by atoms with E-state index in [-0.39, 0.29) is 0 Å². The Labute approximate surface area is 228 Å². The predicted molar refractivity (Wildman–Crippen MR) is 163 cm³/mol. The maximum absolute atomic E-state index is 6.25. The molecule has 0 unspecified atom stereocenters. The van der Waals surface area contributed by atoms with E-state index in [0.29, 0.717) is 13.2 Å². The number of rotatable bonds is 14. The van der Waals surface area contributed by atoms with Gasteiger partial charge in [0.15, 0.2) is 0 Å². The van der Waals surface area contributed by atoms with E-state index >= 15 is 0 Å². The van der Waals surface area contributed by atoms with Gasteiger partial charge in [-0.15, -0.1) is 0 Å². The minimum absolute atomic E-state index is 0.693. The minimum Gasteiger partial charge on any atom is -0.493 e. The van der Waals surface area contributed by atoms with E-state index in [1.54, 1.807) is 0 Å². The summed E-state index contributed by atoms with van der Waals surface area (Å²) in [6, 6.07) is 21.1. The molecule has 36 heavy (non-hydrogen) atoms. The zero-order valence-corrected chi connectivity index (χ0v) is 23.2. The first-order valence-electron chi connectivity index (χ1n) is 12.9. The molecule has 3 aromatic carbocycles. The molecular weight excluding hydrogens is 480 g/mol. The fourth-order valence-electron chi connectivity index (χ4n) is 3.60. The van der Waals surface area contributed by atoms with Gasteiger partial charge in [0.05, 0.1) is 13.2 Å². The molecule has 0 heterocycles. The van der Waals surface area contributed by atoms with Crippen LogP contribution >= 0.6 is 25.3 Å². The number of hydrogen-bond acceptors (Lipinski definition) is 4. The Bertz CT molecular complexity index is 1020. The molecule has 0 aliphatic carbocycles. The molecule has 0 N–H and O–H groups in total. The molecule has 0 atom stereocenters. The third-order valence-corrected chi connectivity index (χ3v) is 6.62. The van der Waals surface area contributed by atoms with Crippen molar-refractivity contribution in [1.82, 2.24) is 0 Å². The van der Waals surface area contributed by atoms with Crippen LogP contribution in [0.25, 0.3) is 24.3 Å². The maximum Gasteiger partial charge on any atom is 0.127 e. The fourth-order valence-corrected chi connectivity index (χ4v) is 4.02. The van der Waals surface area contributed by atoms with E-state index in [9.17, 15) is 0 Å². The van der Waals surface area contributed by atoms with E-state index in [1.165, 1.54) is 11.1 Å². The first kappa shape index (κ1) is 28.0. The van der Waals surface area contributed by atoms with Gasteiger partial charge in [-0.25, -0.2) is 0 Å². The maximum atomic E-state index is 6.25. The molecule has 0 aliphatic heterocycles. The summed E-state index contributed by atoms with van der Waals surface area (Å²) in [6.45, 7) is 5.74. The van der Waals surface area contributed by atoms with Crippen LogP contribution in [0.3, 0.4) is 0 Å². The lowest BCUT2D eigenvalue weighted by Gasteiger charge is -2.15. The molecule has 3 rings (SSSR count). The molecule has 4 heteroatoms. The van der Waals surface area contributed by atoms with E-state index in [2.05, 4.69) is 124 Å². The van der Waals surface area contributed by atoms with Crippen LogP contribution in [0.4, 0.5) is 0 Å². The number of hydrogen-bond donors (Lipinski definition) is 2. The predicted octanol–water partition coefficient (Wildman–Crippen LogP) is 9.24. The first-order valence-corrected chi connectivity index (χ1v) is 14.1. The molecule has 0 amide bonds. The molecule has 2 nitrogen and oxygen atoms in total. The highest BCUT2D eigenvalue weighted by Crippen LogP contribution is 2.33. The SMILES string of the molecule is CCCCOc1cc(/C=C/c2ccc(CS)cc2)c(OCCCC)cc1/C=C/c1ccc(CS)cc1. The summed E-state index contributed by atoms with van der Waals surface area (Å²) in [5.41, 5.74) is 6.74. The molecule has 0 aliphatic rings. The van der Waals surface area contributed by atoms with Gasteiger partial charge in [-0.1, -0.05) is 99.5 Å². The van der Waals surface area contributed by atoms with Crippen LogP contribution in [0.15, 0.2) is 60.7 Å². The Kier molecular flexibility index (Phi) is 12.1. The van der Waals surface area contributed by atoms with Crippen LogP contribution in [0.5, 0.6) is 11.5 Å². The highest BCUT2D eigenvalue weighted by Gasteiger charge is 2.10. The first-order chi connectivity index (χ1) is 17.7. The summed E-state index contributed by atoms with van der Waals surface area (Å²) in [5, 5.41) is 0. The summed E-state index contributed by atoms with van der Waals surface area (Å²) in [5.74, 6) is 3.23. The summed E-state index contributed by atoms with van der Waals surface area (Å²) < 4.78 is 12.5. The van der Waals surface area contributed by atoms with E-state index in [0.717, 1.165) is 70.9 Å². The summed E-state index contributed by atoms with van der Waals surface area (Å²) in [6.07, 6.45) is 12.7. The van der Waals surface area contributed by atoms with Crippen LogP contribution in [-0.2, 0) is 11.5 Å². The van der Waals surface area contributed by atoms with Crippen LogP contribution in [0.1, 0.15) is 72.9 Å². The Morgan fingerprint density at radius 3 is 1.31 bits per heavy atom. The largest absolute Gasteiger partial charge is 0.493 e. The van der Waals surface area contributed by atoms with Crippen molar-refractivity contribution in [3.63, 3.8) is 0 Å². The lowest BCUT2D eigenvalue weighted by atomic mass is 10.0. The second-order valence-electron chi connectivity index (χ2n) is 8.80. The molecule has 0 radical (unpaired) electrons. The van der Waals surface area contributed by atoms with Gasteiger partial charge in [-0.3, -0.25) is 0 Å². The minimum atomic E-state index is 0.693. The molecule has 190 valence electrons. The number of thiol groups is 2. The van der Waals surface area contributed by atoms with E-state index in [4.69, 9.17) is 9.47 Å². The van der Waals surface area contributed by atoms with Crippen molar-refractivity contribution in [3.8, 4) is 11.5 Å². The number of unbranched alkanes of at least 4 members (excludes halogenated alkanes) is 2. The van der Waals surface area contributed by atoms with Crippen LogP contribution in [0.2, 0.25) is 0 Å². The smallest absolute Gasteiger partial charge is 0.127 e. The summed E-state index contributed by atoms with van der Waals surface area (Å²) in [7, 11) is 0. The fraction of sp³-hybridized carbons (Fsp3) is 0.312. The zero-order valence-electron chi connectivity index (χ0n) is 21.5. The molecule has 0 aromatic heterocycles. The lowest BCUT2D eigenvalue weighted by Crippen LogP contribution is -2.02. The molecule has 3 aromatic rings. The second-order valence-corrected chi connectivity index (χ2v) is 9.43. The zero-order chi connectivity index (χ0) is 25.6. The molecule has 0 bridgehead atoms. The topological polar surface area (TPSA) is 18.5 Å². The highest BCUT2D eigenvalue weighted by molar-refractivity contribution is 7.79. The van der Waals surface area contributed by atoms with E-state index < -0.39 is 0 Å². The van der Waals surface area contributed by atoms with Gasteiger partial charge in [0.1, 0.15) is 11.5 Å². The van der Waals surface area contributed by atoms with Crippen molar-refractivity contribution in [3.05, 3.63) is 94.0 Å². The van der Waals surface area contributed by atoms with Crippen LogP contribution in [0, 0.1) is 0 Å². The molecule has 0 saturated heterocycles. The molecule has 0 spiro atoms. The summed E-state index contributed by atoms with van der Waals surface area (Å²) in [4.78, 5) is 0. The third-order valence-electron chi connectivity index (χ3n) is 5.89. The number of ether oxygens (including phenoxy) is 2. The van der Waals surface area contributed by atoms with Crippen molar-refractivity contribution < 1.29 is 9.47 Å². The van der Waals surface area contributed by atoms with Gasteiger partial charge in [-0.2, -0.15) is 25.3 Å². The Balaban J connectivity index is 1.95. The van der Waals surface area contributed by atoms with Gasteiger partial charge >= 0.3 is 0 Å². The Hall–Kier alpha value is -2.56. The lowest BCUT2D eigenvalue weighted by molar-refractivity contribution is 0.300. The highest BCUT2D eigenvalue weighted by atomic mass is 32.1. The van der Waals surface area contributed by atoms with Gasteiger partial charge < -0.3 is 9.47 Å². The van der Waals surface area contributed by atoms with Crippen molar-refractivity contribution in [2.75, 3.05) is 13.2 Å². The van der Waals surface area contributed by atoms with E-state index in [1.807, 2.05) is 0 Å². The average Bonchev–Trinajstić information content (AvgIpc) is 2.92. The van der Waals surface area contributed by atoms with Crippen LogP contribution < -0.4 is 9.47 Å². The molecule has 0 saturated carbocycles. The van der Waals surface area contributed by atoms with Crippen molar-refractivity contribution in [2.24, 2.45) is 0 Å². The van der Waals surface area contributed by atoms with Gasteiger partial charge in [0, 0.05) is 22.6 Å². The number of benzene rings is 3. The normalized spacial score (nSPS) is 11.4.